The van der Waals surface area contributed by atoms with E-state index in [1.807, 2.05) is 12.1 Å². The molecule has 28 heavy (non-hydrogen) atoms. The Morgan fingerprint density at radius 2 is 1.93 bits per heavy atom. The second-order valence-corrected chi connectivity index (χ2v) is 7.39. The fourth-order valence-corrected chi connectivity index (χ4v) is 3.38. The molecule has 2 aromatic rings. The Balaban J connectivity index is 1.45. The van der Waals surface area contributed by atoms with Gasteiger partial charge in [0.05, 0.1) is 6.54 Å². The summed E-state index contributed by atoms with van der Waals surface area (Å²) in [7, 11) is 0. The van der Waals surface area contributed by atoms with Gasteiger partial charge in [-0.05, 0) is 71.3 Å². The number of nitrogens with one attached hydrogen (secondary N) is 2. The number of rotatable bonds is 9. The second-order valence-electron chi connectivity index (χ2n) is 7.39. The lowest BCUT2D eigenvalue weighted by Gasteiger charge is -2.15. The van der Waals surface area contributed by atoms with E-state index in [-0.39, 0.29) is 0 Å². The Bertz CT molecular complexity index is 732. The molecule has 0 spiro atoms. The van der Waals surface area contributed by atoms with Crippen LogP contribution in [0, 0.1) is 6.92 Å². The first-order valence-electron chi connectivity index (χ1n) is 10.5. The smallest absolute Gasteiger partial charge is 0.226 e. The summed E-state index contributed by atoms with van der Waals surface area (Å²) in [6.07, 6.45) is 6.81. The number of hydrogen-bond donors (Lipinski definition) is 2. The number of guanidine groups is 1. The molecular formula is C22H33N5O. The standard InChI is InChI=1S/C22H33N5O/c1-3-23-22(24-12-4-5-13-27-14-6-7-15-27)25-16-20-17-28-21(26-20)19-10-8-18(2)9-11-19/h8-11,17H,3-7,12-16H2,1-2H3,(H2,23,24,25). The SMILES string of the molecule is CCNC(=NCc1coc(-c2ccc(C)cc2)n1)NCCCCN1CCCC1. The molecule has 0 saturated carbocycles. The van der Waals surface area contributed by atoms with Gasteiger partial charge in [0, 0.05) is 18.7 Å². The minimum atomic E-state index is 0.498. The van der Waals surface area contributed by atoms with Crippen molar-refractivity contribution in [3.8, 4) is 11.5 Å². The van der Waals surface area contributed by atoms with Crippen LogP contribution < -0.4 is 10.6 Å². The molecule has 6 nitrogen and oxygen atoms in total. The molecule has 0 radical (unpaired) electrons. The Morgan fingerprint density at radius 1 is 1.14 bits per heavy atom. The van der Waals surface area contributed by atoms with E-state index in [1.54, 1.807) is 6.26 Å². The van der Waals surface area contributed by atoms with Crippen LogP contribution in [-0.4, -0.2) is 48.6 Å². The maximum atomic E-state index is 5.62. The summed E-state index contributed by atoms with van der Waals surface area (Å²) in [5.74, 6) is 1.48. The van der Waals surface area contributed by atoms with E-state index in [2.05, 4.69) is 51.5 Å². The second kappa shape index (κ2) is 10.9. The van der Waals surface area contributed by atoms with Crippen LogP contribution in [0.1, 0.15) is 43.9 Å². The van der Waals surface area contributed by atoms with Gasteiger partial charge >= 0.3 is 0 Å². The molecule has 0 unspecified atom stereocenters. The molecule has 1 fully saturated rings. The molecule has 3 rings (SSSR count). The molecule has 1 saturated heterocycles. The zero-order valence-electron chi connectivity index (χ0n) is 17.2. The Hall–Kier alpha value is -2.34. The Kier molecular flexibility index (Phi) is 7.91. The average molecular weight is 384 g/mol. The molecule has 0 atom stereocenters. The number of benzene rings is 1. The zero-order valence-corrected chi connectivity index (χ0v) is 17.2. The van der Waals surface area contributed by atoms with Gasteiger partial charge in [-0.3, -0.25) is 0 Å². The van der Waals surface area contributed by atoms with Crippen LogP contribution >= 0.6 is 0 Å². The molecule has 1 aromatic carbocycles. The van der Waals surface area contributed by atoms with Crippen LogP contribution in [0.5, 0.6) is 0 Å². The first-order chi connectivity index (χ1) is 13.7. The molecule has 1 aliphatic heterocycles. The van der Waals surface area contributed by atoms with Crippen LogP contribution in [0.2, 0.25) is 0 Å². The van der Waals surface area contributed by atoms with Gasteiger partial charge in [-0.15, -0.1) is 0 Å². The highest BCUT2D eigenvalue weighted by molar-refractivity contribution is 5.79. The van der Waals surface area contributed by atoms with E-state index in [0.717, 1.165) is 36.7 Å². The van der Waals surface area contributed by atoms with E-state index in [4.69, 9.17) is 4.42 Å². The summed E-state index contributed by atoms with van der Waals surface area (Å²) < 4.78 is 5.62. The maximum Gasteiger partial charge on any atom is 0.226 e. The van der Waals surface area contributed by atoms with Crippen molar-refractivity contribution in [2.75, 3.05) is 32.7 Å². The van der Waals surface area contributed by atoms with Crippen molar-refractivity contribution in [3.05, 3.63) is 41.8 Å². The van der Waals surface area contributed by atoms with Gasteiger partial charge in [0.2, 0.25) is 5.89 Å². The van der Waals surface area contributed by atoms with Crippen molar-refractivity contribution in [1.29, 1.82) is 0 Å². The highest BCUT2D eigenvalue weighted by atomic mass is 16.3. The number of aromatic nitrogens is 1. The van der Waals surface area contributed by atoms with Crippen LogP contribution in [0.25, 0.3) is 11.5 Å². The van der Waals surface area contributed by atoms with Gasteiger partial charge in [0.15, 0.2) is 5.96 Å². The minimum Gasteiger partial charge on any atom is -0.444 e. The highest BCUT2D eigenvalue weighted by Gasteiger charge is 2.10. The summed E-state index contributed by atoms with van der Waals surface area (Å²) in [6.45, 7) is 10.2. The lowest BCUT2D eigenvalue weighted by Crippen LogP contribution is -2.38. The topological polar surface area (TPSA) is 65.7 Å². The van der Waals surface area contributed by atoms with Gasteiger partial charge in [0.25, 0.3) is 0 Å². The van der Waals surface area contributed by atoms with Crippen LogP contribution in [-0.2, 0) is 6.54 Å². The number of aliphatic imine (C=N–C) groups is 1. The lowest BCUT2D eigenvalue weighted by molar-refractivity contribution is 0.330. The molecular weight excluding hydrogens is 350 g/mol. The number of hydrogen-bond acceptors (Lipinski definition) is 4. The summed E-state index contributed by atoms with van der Waals surface area (Å²) in [6, 6.07) is 8.19. The van der Waals surface area contributed by atoms with E-state index >= 15 is 0 Å². The fourth-order valence-electron chi connectivity index (χ4n) is 3.38. The Morgan fingerprint density at radius 3 is 2.68 bits per heavy atom. The van der Waals surface area contributed by atoms with Gasteiger partial charge in [0.1, 0.15) is 12.0 Å². The third-order valence-corrected chi connectivity index (χ3v) is 4.99. The molecule has 0 amide bonds. The third kappa shape index (κ3) is 6.37. The summed E-state index contributed by atoms with van der Waals surface area (Å²) in [5, 5.41) is 6.72. The van der Waals surface area contributed by atoms with E-state index < -0.39 is 0 Å². The molecule has 1 aromatic heterocycles. The first-order valence-corrected chi connectivity index (χ1v) is 10.5. The van der Waals surface area contributed by atoms with Crippen molar-refractivity contribution in [2.24, 2.45) is 4.99 Å². The van der Waals surface area contributed by atoms with Crippen molar-refractivity contribution in [3.63, 3.8) is 0 Å². The van der Waals surface area contributed by atoms with Crippen LogP contribution in [0.4, 0.5) is 0 Å². The molecule has 6 heteroatoms. The monoisotopic (exact) mass is 383 g/mol. The van der Waals surface area contributed by atoms with Gasteiger partial charge in [-0.1, -0.05) is 17.7 Å². The van der Waals surface area contributed by atoms with Gasteiger partial charge < -0.3 is 20.0 Å². The number of aryl methyl sites for hydroxylation is 1. The molecule has 2 N–H and O–H groups in total. The zero-order chi connectivity index (χ0) is 19.6. The van der Waals surface area contributed by atoms with E-state index in [0.29, 0.717) is 12.4 Å². The molecule has 0 bridgehead atoms. The minimum absolute atomic E-state index is 0.498. The summed E-state index contributed by atoms with van der Waals surface area (Å²) in [5.41, 5.74) is 3.05. The quantitative estimate of drug-likeness (QED) is 0.394. The normalized spacial score (nSPS) is 15.1. The fraction of sp³-hybridized carbons (Fsp3) is 0.545. The van der Waals surface area contributed by atoms with Crippen LogP contribution in [0.3, 0.4) is 0 Å². The van der Waals surface area contributed by atoms with E-state index in [1.165, 1.54) is 44.5 Å². The molecule has 0 aliphatic carbocycles. The number of unbranched alkanes of at least 4 members (excludes halogenated alkanes) is 1. The van der Waals surface area contributed by atoms with Crippen molar-refractivity contribution in [2.45, 2.75) is 46.1 Å². The Labute approximate surface area is 168 Å². The van der Waals surface area contributed by atoms with Crippen molar-refractivity contribution < 1.29 is 4.42 Å². The third-order valence-electron chi connectivity index (χ3n) is 4.99. The predicted octanol–water partition coefficient (Wildman–Crippen LogP) is 3.58. The van der Waals surface area contributed by atoms with Gasteiger partial charge in [-0.2, -0.15) is 0 Å². The van der Waals surface area contributed by atoms with Crippen LogP contribution in [0.15, 0.2) is 39.9 Å². The first kappa shape index (κ1) is 20.4. The van der Waals surface area contributed by atoms with E-state index in [9.17, 15) is 0 Å². The largest absolute Gasteiger partial charge is 0.444 e. The van der Waals surface area contributed by atoms with Crippen molar-refractivity contribution >= 4 is 5.96 Å². The molecule has 1 aliphatic rings. The lowest BCUT2D eigenvalue weighted by atomic mass is 10.1. The molecule has 2 heterocycles. The van der Waals surface area contributed by atoms with Gasteiger partial charge in [-0.25, -0.2) is 9.98 Å². The van der Waals surface area contributed by atoms with Crippen molar-refractivity contribution in [1.82, 2.24) is 20.5 Å². The predicted molar refractivity (Wildman–Crippen MR) is 114 cm³/mol. The number of oxazole rings is 1. The number of nitrogens with zero attached hydrogens (tertiary/aromatic N) is 3. The average Bonchev–Trinajstić information content (AvgIpc) is 3.38. The highest BCUT2D eigenvalue weighted by Crippen LogP contribution is 2.19. The summed E-state index contributed by atoms with van der Waals surface area (Å²) >= 11 is 0. The summed E-state index contributed by atoms with van der Waals surface area (Å²) in [4.78, 5) is 11.8. The maximum absolute atomic E-state index is 5.62. The molecule has 152 valence electrons. The number of likely N-dealkylation sites (tertiary alicyclic amines) is 1.